The number of esters is 1. The van der Waals surface area contributed by atoms with Gasteiger partial charge in [0, 0.05) is 5.69 Å². The van der Waals surface area contributed by atoms with Crippen LogP contribution in [-0.4, -0.2) is 118 Å². The molecule has 47 heavy (non-hydrogen) atoms. The zero-order chi connectivity index (χ0) is 33.4. The van der Waals surface area contributed by atoms with Gasteiger partial charge in [0.1, 0.15) is 6.61 Å². The minimum absolute atomic E-state index is 0.00676. The van der Waals surface area contributed by atoms with Gasteiger partial charge in [-0.05, 0) is 56.3 Å². The van der Waals surface area contributed by atoms with Crippen molar-refractivity contribution in [3.8, 4) is 0 Å². The van der Waals surface area contributed by atoms with Crippen LogP contribution >= 0.6 is 0 Å². The molecular formula is C33H47F3N2O9. The van der Waals surface area contributed by atoms with E-state index < -0.39 is 17.7 Å². The van der Waals surface area contributed by atoms with Gasteiger partial charge in [0.15, 0.2) is 0 Å². The van der Waals surface area contributed by atoms with Crippen LogP contribution in [0.1, 0.15) is 28.8 Å². The second kappa shape index (κ2) is 23.5. The lowest BCUT2D eigenvalue weighted by molar-refractivity contribution is -0.137. The monoisotopic (exact) mass is 672 g/mol. The van der Waals surface area contributed by atoms with Crippen LogP contribution in [-0.2, 0) is 44.1 Å². The third-order valence-corrected chi connectivity index (χ3v) is 6.80. The number of anilines is 2. The molecule has 0 unspecified atom stereocenters. The molecule has 2 aromatic carbocycles. The number of piperidine rings is 1. The predicted molar refractivity (Wildman–Crippen MR) is 168 cm³/mol. The number of benzene rings is 2. The summed E-state index contributed by atoms with van der Waals surface area (Å²) in [5, 5.41) is 6.17. The van der Waals surface area contributed by atoms with Crippen molar-refractivity contribution >= 4 is 17.3 Å². The average molecular weight is 673 g/mol. The fourth-order valence-electron chi connectivity index (χ4n) is 4.41. The fraction of sp³-hybridized carbons (Fsp3) is 0.606. The number of ether oxygens (including phenoxy) is 8. The molecule has 1 heterocycles. The number of alkyl halides is 3. The molecule has 0 aliphatic carbocycles. The maximum atomic E-state index is 13.0. The normalized spacial score (nSPS) is 13.9. The highest BCUT2D eigenvalue weighted by molar-refractivity contribution is 5.96. The van der Waals surface area contributed by atoms with Crippen LogP contribution in [0, 0.1) is 0 Å². The van der Waals surface area contributed by atoms with Gasteiger partial charge in [-0.15, -0.1) is 0 Å². The van der Waals surface area contributed by atoms with E-state index in [0.717, 1.165) is 38.1 Å². The van der Waals surface area contributed by atoms with E-state index in [-0.39, 0.29) is 24.5 Å². The number of rotatable bonds is 25. The van der Waals surface area contributed by atoms with E-state index in [1.807, 2.05) is 0 Å². The van der Waals surface area contributed by atoms with Crippen molar-refractivity contribution in [1.29, 1.82) is 0 Å². The molecule has 2 N–H and O–H groups in total. The van der Waals surface area contributed by atoms with Crippen LogP contribution in [0.3, 0.4) is 0 Å². The van der Waals surface area contributed by atoms with Crippen molar-refractivity contribution in [3.05, 3.63) is 59.7 Å². The van der Waals surface area contributed by atoms with E-state index >= 15 is 0 Å². The Balaban J connectivity index is 1.08. The van der Waals surface area contributed by atoms with Gasteiger partial charge in [-0.25, -0.2) is 4.79 Å². The summed E-state index contributed by atoms with van der Waals surface area (Å²) in [6, 6.07) is 11.2. The summed E-state index contributed by atoms with van der Waals surface area (Å²) in [5.74, 6) is -0.622. The lowest BCUT2D eigenvalue weighted by atomic mass is 10.1. The van der Waals surface area contributed by atoms with Gasteiger partial charge in [-0.2, -0.15) is 13.2 Å². The molecule has 3 rings (SSSR count). The first kappa shape index (κ1) is 38.6. The first-order chi connectivity index (χ1) is 22.9. The average Bonchev–Trinajstić information content (AvgIpc) is 3.07. The van der Waals surface area contributed by atoms with E-state index in [2.05, 4.69) is 10.6 Å². The number of hydrogen-bond acceptors (Lipinski definition) is 11. The second-order valence-corrected chi connectivity index (χ2v) is 10.4. The van der Waals surface area contributed by atoms with Crippen molar-refractivity contribution in [3.63, 3.8) is 0 Å². The molecular weight excluding hydrogens is 625 g/mol. The van der Waals surface area contributed by atoms with Crippen LogP contribution in [0.5, 0.6) is 0 Å². The summed E-state index contributed by atoms with van der Waals surface area (Å²) in [6.07, 6.45) is -2.01. The van der Waals surface area contributed by atoms with Gasteiger partial charge in [0.2, 0.25) is 0 Å². The van der Waals surface area contributed by atoms with E-state index in [0.29, 0.717) is 91.1 Å². The number of carbonyl (C=O) groups is 1. The largest absolute Gasteiger partial charge is 0.460 e. The number of nitrogens with one attached hydrogen (secondary N) is 2. The molecule has 0 atom stereocenters. The minimum atomic E-state index is -4.47. The Bertz CT molecular complexity index is 1120. The van der Waals surface area contributed by atoms with Gasteiger partial charge in [0.05, 0.1) is 109 Å². The molecule has 14 heteroatoms. The van der Waals surface area contributed by atoms with E-state index in [1.165, 1.54) is 18.2 Å². The molecule has 0 bridgehead atoms. The van der Waals surface area contributed by atoms with Crippen LogP contribution in [0.4, 0.5) is 24.5 Å². The Morgan fingerprint density at radius 2 is 1.19 bits per heavy atom. The molecule has 1 saturated heterocycles. The van der Waals surface area contributed by atoms with Crippen molar-refractivity contribution < 1.29 is 55.9 Å². The number of carbonyl (C=O) groups excluding carboxylic acids is 1. The van der Waals surface area contributed by atoms with E-state index in [4.69, 9.17) is 37.9 Å². The van der Waals surface area contributed by atoms with Crippen LogP contribution < -0.4 is 10.6 Å². The summed E-state index contributed by atoms with van der Waals surface area (Å²) in [5.41, 5.74) is -0.0697. The quantitative estimate of drug-likeness (QED) is 0.115. The lowest BCUT2D eigenvalue weighted by Gasteiger charge is -2.22. The third-order valence-electron chi connectivity index (χ3n) is 6.80. The predicted octanol–water partition coefficient (Wildman–Crippen LogP) is 4.47. The number of para-hydroxylation sites is 1. The van der Waals surface area contributed by atoms with Gasteiger partial charge in [-0.1, -0.05) is 18.2 Å². The first-order valence-corrected chi connectivity index (χ1v) is 15.9. The summed E-state index contributed by atoms with van der Waals surface area (Å²) in [4.78, 5) is 12.6. The molecule has 1 fully saturated rings. The topological polar surface area (TPSA) is 115 Å². The first-order valence-electron chi connectivity index (χ1n) is 15.9. The highest BCUT2D eigenvalue weighted by Crippen LogP contribution is 2.32. The van der Waals surface area contributed by atoms with Crippen molar-refractivity contribution in [2.24, 2.45) is 0 Å². The molecule has 0 aromatic heterocycles. The molecule has 264 valence electrons. The summed E-state index contributed by atoms with van der Waals surface area (Å²) < 4.78 is 82.9. The summed E-state index contributed by atoms with van der Waals surface area (Å²) in [6.45, 7) is 7.81. The van der Waals surface area contributed by atoms with Crippen LogP contribution in [0.25, 0.3) is 0 Å². The Kier molecular flexibility index (Phi) is 19.3. The number of hydrogen-bond donors (Lipinski definition) is 2. The fourth-order valence-corrected chi connectivity index (χ4v) is 4.41. The highest BCUT2D eigenvalue weighted by Gasteiger charge is 2.30. The Labute approximate surface area is 274 Å². The molecule has 0 spiro atoms. The van der Waals surface area contributed by atoms with Gasteiger partial charge in [0.25, 0.3) is 0 Å². The van der Waals surface area contributed by atoms with Crippen molar-refractivity contribution in [2.75, 3.05) is 111 Å². The van der Waals surface area contributed by atoms with Crippen molar-refractivity contribution in [1.82, 2.24) is 5.32 Å². The van der Waals surface area contributed by atoms with Gasteiger partial charge < -0.3 is 48.5 Å². The molecule has 0 amide bonds. The second-order valence-electron chi connectivity index (χ2n) is 10.4. The van der Waals surface area contributed by atoms with Gasteiger partial charge >= 0.3 is 12.1 Å². The molecule has 1 aliphatic rings. The number of halogens is 3. The van der Waals surface area contributed by atoms with Crippen molar-refractivity contribution in [2.45, 2.75) is 25.1 Å². The summed E-state index contributed by atoms with van der Waals surface area (Å²) in [7, 11) is 0. The Hall–Kier alpha value is -2.82. The zero-order valence-electron chi connectivity index (χ0n) is 26.7. The maximum absolute atomic E-state index is 13.0. The Morgan fingerprint density at radius 1 is 0.681 bits per heavy atom. The van der Waals surface area contributed by atoms with E-state index in [9.17, 15) is 18.0 Å². The van der Waals surface area contributed by atoms with Crippen LogP contribution in [0.15, 0.2) is 48.5 Å². The lowest BCUT2D eigenvalue weighted by Crippen LogP contribution is -2.33. The standard InChI is InChI=1S/C33H47F3N2O9/c34-33(35,36)27-4-3-5-28(26-27)38-31-7-2-1-6-30(31)32(39)47-25-23-45-21-19-43-17-15-41-13-12-40-14-16-42-18-20-44-22-24-46-29-8-10-37-11-9-29/h1-7,26,29,37-38H,8-25H2. The van der Waals surface area contributed by atoms with E-state index in [1.54, 1.807) is 18.2 Å². The Morgan fingerprint density at radius 3 is 1.74 bits per heavy atom. The molecule has 11 nitrogen and oxygen atoms in total. The highest BCUT2D eigenvalue weighted by atomic mass is 19.4. The third kappa shape index (κ3) is 17.2. The zero-order valence-corrected chi connectivity index (χ0v) is 26.7. The SMILES string of the molecule is O=C(OCCOCCOCCOCCOCCOCCOCCOC1CCNCC1)c1ccccc1Nc1cccc(C(F)(F)F)c1. The minimum Gasteiger partial charge on any atom is -0.460 e. The molecule has 1 aliphatic heterocycles. The summed E-state index contributed by atoms with van der Waals surface area (Å²) >= 11 is 0. The maximum Gasteiger partial charge on any atom is 0.416 e. The smallest absolute Gasteiger partial charge is 0.416 e. The molecule has 0 radical (unpaired) electrons. The molecule has 2 aromatic rings. The molecule has 0 saturated carbocycles. The van der Waals surface area contributed by atoms with Gasteiger partial charge in [-0.3, -0.25) is 0 Å². The van der Waals surface area contributed by atoms with Crippen LogP contribution in [0.2, 0.25) is 0 Å².